The van der Waals surface area contributed by atoms with Crippen LogP contribution in [-0.4, -0.2) is 53.8 Å². The van der Waals surface area contributed by atoms with Gasteiger partial charge in [0, 0.05) is 41.4 Å². The highest BCUT2D eigenvalue weighted by molar-refractivity contribution is 6.06. The maximum Gasteiger partial charge on any atom is 0.254 e. The Morgan fingerprint density at radius 3 is 3.04 bits per heavy atom. The Morgan fingerprint density at radius 2 is 2.29 bits per heavy atom. The minimum atomic E-state index is -0.359. The number of carbonyl (C=O) groups excluding carboxylic acids is 1. The predicted molar refractivity (Wildman–Crippen MR) is 89.0 cm³/mol. The summed E-state index contributed by atoms with van der Waals surface area (Å²) in [6, 6.07) is 7.02. The fourth-order valence-electron chi connectivity index (χ4n) is 3.93. The Balaban J connectivity index is 1.74. The first-order valence-electron chi connectivity index (χ1n) is 8.14. The molecule has 126 valence electrons. The van der Waals surface area contributed by atoms with Crippen molar-refractivity contribution < 1.29 is 14.6 Å². The number of amides is 1. The molecule has 6 heteroatoms. The van der Waals surface area contributed by atoms with E-state index in [2.05, 4.69) is 4.98 Å². The van der Waals surface area contributed by atoms with Crippen molar-refractivity contribution in [3.63, 3.8) is 0 Å². The molecule has 1 amide bonds. The smallest absolute Gasteiger partial charge is 0.254 e. The van der Waals surface area contributed by atoms with Gasteiger partial charge in [0.05, 0.1) is 25.4 Å². The molecule has 0 spiro atoms. The number of hydrogen-bond acceptors (Lipinski definition) is 4. The molecule has 2 aliphatic heterocycles. The number of nitrogens with zero attached hydrogens (tertiary/aromatic N) is 1. The molecule has 3 heterocycles. The van der Waals surface area contributed by atoms with Gasteiger partial charge < -0.3 is 19.7 Å². The van der Waals surface area contributed by atoms with Crippen molar-refractivity contribution in [3.8, 4) is 0 Å². The summed E-state index contributed by atoms with van der Waals surface area (Å²) in [5, 5.41) is 10.5. The van der Waals surface area contributed by atoms with Crippen molar-refractivity contribution >= 4 is 16.8 Å². The van der Waals surface area contributed by atoms with Crippen molar-refractivity contribution in [2.24, 2.45) is 11.3 Å². The quantitative estimate of drug-likeness (QED) is 0.859. The number of ether oxygens (including phenoxy) is 1. The highest BCUT2D eigenvalue weighted by atomic mass is 16.5. The average Bonchev–Trinajstić information content (AvgIpc) is 3.11. The number of nitrogens with one attached hydrogen (secondary N) is 1. The number of carbonyl (C=O) groups is 1. The topological polar surface area (TPSA) is 82.6 Å². The number of likely N-dealkylation sites (tertiary alicyclic amines) is 1. The summed E-state index contributed by atoms with van der Waals surface area (Å²) in [5.41, 5.74) is 1.47. The Bertz CT molecular complexity index is 875. The zero-order chi connectivity index (χ0) is 16.9. The van der Waals surface area contributed by atoms with Crippen molar-refractivity contribution in [1.82, 2.24) is 9.88 Å². The molecule has 0 unspecified atom stereocenters. The SMILES string of the molecule is Cc1ccc2[nH]c(=O)cc(C(=O)N3C[C@H]4COC[C@@]4(CO)C3)c2c1. The van der Waals surface area contributed by atoms with Crippen LogP contribution in [-0.2, 0) is 4.74 Å². The first-order valence-corrected chi connectivity index (χ1v) is 8.14. The number of aliphatic hydroxyl groups is 1. The Kier molecular flexibility index (Phi) is 3.47. The maximum absolute atomic E-state index is 13.1. The molecule has 2 aliphatic rings. The molecule has 2 atom stereocenters. The molecule has 0 radical (unpaired) electrons. The van der Waals surface area contributed by atoms with Crippen LogP contribution in [0.4, 0.5) is 0 Å². The molecule has 1 aromatic carbocycles. The molecule has 2 N–H and O–H groups in total. The minimum absolute atomic E-state index is 0.0106. The van der Waals surface area contributed by atoms with Crippen LogP contribution in [0.1, 0.15) is 15.9 Å². The van der Waals surface area contributed by atoms with Gasteiger partial charge in [0.15, 0.2) is 0 Å². The first kappa shape index (κ1) is 15.4. The van der Waals surface area contributed by atoms with Crippen molar-refractivity contribution in [2.45, 2.75) is 6.92 Å². The second-order valence-corrected chi connectivity index (χ2v) is 7.01. The van der Waals surface area contributed by atoms with E-state index in [9.17, 15) is 14.7 Å². The number of aromatic nitrogens is 1. The van der Waals surface area contributed by atoms with Gasteiger partial charge in [-0.1, -0.05) is 11.6 Å². The minimum Gasteiger partial charge on any atom is -0.396 e. The summed E-state index contributed by atoms with van der Waals surface area (Å²) in [5.74, 6) is 0.000344. The standard InChI is InChI=1S/C18H20N2O4/c1-11-2-3-15-13(4-11)14(5-16(22)19-15)17(23)20-6-12-7-24-10-18(12,8-20)9-21/h2-5,12,21H,6-10H2,1H3,(H,19,22)/t12-,18-/m0/s1. The summed E-state index contributed by atoms with van der Waals surface area (Å²) in [7, 11) is 0. The highest BCUT2D eigenvalue weighted by Crippen LogP contribution is 2.41. The molecule has 4 rings (SSSR count). The number of aromatic amines is 1. The van der Waals surface area contributed by atoms with Crippen LogP contribution in [0, 0.1) is 18.3 Å². The molecule has 2 saturated heterocycles. The number of pyridine rings is 1. The second-order valence-electron chi connectivity index (χ2n) is 7.01. The van der Waals surface area contributed by atoms with Gasteiger partial charge in [-0.15, -0.1) is 0 Å². The normalized spacial score (nSPS) is 26.1. The predicted octanol–water partition coefficient (Wildman–Crippen LogP) is 0.917. The Morgan fingerprint density at radius 1 is 1.46 bits per heavy atom. The lowest BCUT2D eigenvalue weighted by atomic mass is 9.82. The lowest BCUT2D eigenvalue weighted by Gasteiger charge is -2.24. The van der Waals surface area contributed by atoms with Crippen LogP contribution in [0.2, 0.25) is 0 Å². The van der Waals surface area contributed by atoms with Crippen molar-refractivity contribution in [2.75, 3.05) is 32.9 Å². The number of benzene rings is 1. The molecule has 0 aliphatic carbocycles. The second kappa shape index (κ2) is 5.43. The van der Waals surface area contributed by atoms with E-state index in [1.807, 2.05) is 25.1 Å². The summed E-state index contributed by atoms with van der Waals surface area (Å²) in [6.07, 6.45) is 0. The van der Waals surface area contributed by atoms with Crippen LogP contribution in [0.3, 0.4) is 0 Å². The van der Waals surface area contributed by atoms with Gasteiger partial charge in [0.2, 0.25) is 5.56 Å². The highest BCUT2D eigenvalue weighted by Gasteiger charge is 2.51. The Labute approximate surface area is 139 Å². The van der Waals surface area contributed by atoms with Crippen LogP contribution in [0.25, 0.3) is 10.9 Å². The van der Waals surface area contributed by atoms with E-state index in [1.165, 1.54) is 6.07 Å². The fraction of sp³-hybridized carbons (Fsp3) is 0.444. The molecular formula is C18H20N2O4. The summed E-state index contributed by atoms with van der Waals surface area (Å²) in [4.78, 5) is 29.5. The number of rotatable bonds is 2. The number of hydrogen-bond donors (Lipinski definition) is 2. The van der Waals surface area contributed by atoms with Gasteiger partial charge in [0.25, 0.3) is 5.91 Å². The van der Waals surface area contributed by atoms with E-state index in [0.717, 1.165) is 10.9 Å². The number of fused-ring (bicyclic) bond motifs is 2. The van der Waals surface area contributed by atoms with Crippen LogP contribution < -0.4 is 5.56 Å². The van der Waals surface area contributed by atoms with Crippen LogP contribution in [0.15, 0.2) is 29.1 Å². The average molecular weight is 328 g/mol. The van der Waals surface area contributed by atoms with Gasteiger partial charge in [-0.05, 0) is 19.1 Å². The van der Waals surface area contributed by atoms with Gasteiger partial charge in [-0.25, -0.2) is 0 Å². The van der Waals surface area contributed by atoms with Gasteiger partial charge in [0.1, 0.15) is 0 Å². The van der Waals surface area contributed by atoms with E-state index < -0.39 is 0 Å². The molecule has 0 saturated carbocycles. The third kappa shape index (κ3) is 2.25. The van der Waals surface area contributed by atoms with E-state index in [1.54, 1.807) is 4.90 Å². The van der Waals surface area contributed by atoms with Crippen molar-refractivity contribution in [3.05, 3.63) is 45.7 Å². The number of aliphatic hydroxyl groups excluding tert-OH is 1. The molecule has 1 aromatic heterocycles. The van der Waals surface area contributed by atoms with Gasteiger partial charge >= 0.3 is 0 Å². The maximum atomic E-state index is 13.1. The summed E-state index contributed by atoms with van der Waals surface area (Å²) < 4.78 is 5.49. The van der Waals surface area contributed by atoms with E-state index in [0.29, 0.717) is 37.4 Å². The molecule has 2 aromatic rings. The molecular weight excluding hydrogens is 308 g/mol. The molecule has 24 heavy (non-hydrogen) atoms. The van der Waals surface area contributed by atoms with Crippen LogP contribution in [0.5, 0.6) is 0 Å². The zero-order valence-electron chi connectivity index (χ0n) is 13.5. The summed E-state index contributed by atoms with van der Waals surface area (Å²) in [6.45, 7) is 4.03. The number of aryl methyl sites for hydroxylation is 1. The van der Waals surface area contributed by atoms with Crippen LogP contribution >= 0.6 is 0 Å². The lowest BCUT2D eigenvalue weighted by molar-refractivity contribution is 0.0632. The van der Waals surface area contributed by atoms with Gasteiger partial charge in [-0.2, -0.15) is 0 Å². The van der Waals surface area contributed by atoms with Crippen molar-refractivity contribution in [1.29, 1.82) is 0 Å². The molecule has 6 nitrogen and oxygen atoms in total. The largest absolute Gasteiger partial charge is 0.396 e. The Hall–Kier alpha value is -2.18. The first-order chi connectivity index (χ1) is 11.5. The monoisotopic (exact) mass is 328 g/mol. The summed E-state index contributed by atoms with van der Waals surface area (Å²) >= 11 is 0. The third-order valence-corrected chi connectivity index (χ3v) is 5.35. The number of H-pyrrole nitrogens is 1. The van der Waals surface area contributed by atoms with E-state index in [-0.39, 0.29) is 29.4 Å². The third-order valence-electron chi connectivity index (χ3n) is 5.35. The van der Waals surface area contributed by atoms with Gasteiger partial charge in [-0.3, -0.25) is 9.59 Å². The zero-order valence-corrected chi connectivity index (χ0v) is 13.5. The fourth-order valence-corrected chi connectivity index (χ4v) is 3.93. The van der Waals surface area contributed by atoms with E-state index >= 15 is 0 Å². The van der Waals surface area contributed by atoms with E-state index in [4.69, 9.17) is 4.74 Å². The molecule has 2 fully saturated rings. The lowest BCUT2D eigenvalue weighted by Crippen LogP contribution is -2.36. The molecule has 0 bridgehead atoms.